The summed E-state index contributed by atoms with van der Waals surface area (Å²) in [5.41, 5.74) is 6.64. The highest BCUT2D eigenvalue weighted by molar-refractivity contribution is 6.35. The second kappa shape index (κ2) is 7.20. The molecule has 0 heterocycles. The molecule has 0 aliphatic rings. The van der Waals surface area contributed by atoms with Crippen LogP contribution in [0.4, 0.5) is 5.69 Å². The largest absolute Gasteiger partial charge is 0.490 e. The molecule has 1 amide bonds. The van der Waals surface area contributed by atoms with Gasteiger partial charge in [0, 0.05) is 5.02 Å². The third kappa shape index (κ3) is 4.28. The van der Waals surface area contributed by atoms with Gasteiger partial charge in [0.15, 0.2) is 0 Å². The molecule has 6 heteroatoms. The van der Waals surface area contributed by atoms with Gasteiger partial charge in [0.25, 0.3) is 5.91 Å². The number of hydrogen-bond acceptors (Lipinski definition) is 3. The Balaban J connectivity index is 1.85. The minimum absolute atomic E-state index is 0.299. The summed E-state index contributed by atoms with van der Waals surface area (Å²) in [6, 6.07) is 11.9. The Morgan fingerprint density at radius 2 is 1.95 bits per heavy atom. The van der Waals surface area contributed by atoms with Gasteiger partial charge in [-0.15, -0.1) is 0 Å². The Morgan fingerprint density at radius 1 is 1.19 bits per heavy atom. The van der Waals surface area contributed by atoms with E-state index in [1.54, 1.807) is 24.3 Å². The van der Waals surface area contributed by atoms with Crippen LogP contribution in [-0.4, -0.2) is 19.1 Å². The van der Waals surface area contributed by atoms with Crippen LogP contribution in [0.15, 0.2) is 42.5 Å². The van der Waals surface area contributed by atoms with E-state index in [2.05, 4.69) is 5.32 Å². The van der Waals surface area contributed by atoms with Crippen molar-refractivity contribution in [2.75, 3.05) is 18.9 Å². The van der Waals surface area contributed by atoms with Gasteiger partial charge in [0.2, 0.25) is 0 Å². The number of carbonyl (C=O) groups is 1. The Labute approximate surface area is 132 Å². The average molecular weight is 325 g/mol. The standard InChI is InChI=1S/C15H14Cl2N2O2/c16-10-5-6-12(17)11(9-10)15(20)19-7-8-21-14-4-2-1-3-13(14)18/h1-6,9H,7-8,18H2,(H,19,20). The van der Waals surface area contributed by atoms with E-state index in [0.717, 1.165) is 0 Å². The molecule has 3 N–H and O–H groups in total. The van der Waals surface area contributed by atoms with E-state index in [4.69, 9.17) is 33.7 Å². The zero-order valence-corrected chi connectivity index (χ0v) is 12.6. The van der Waals surface area contributed by atoms with Crippen LogP contribution in [0, 0.1) is 0 Å². The quantitative estimate of drug-likeness (QED) is 0.654. The second-order valence-corrected chi connectivity index (χ2v) is 5.11. The molecule has 4 nitrogen and oxygen atoms in total. The molecule has 0 radical (unpaired) electrons. The molecule has 110 valence electrons. The zero-order valence-electron chi connectivity index (χ0n) is 11.1. The van der Waals surface area contributed by atoms with Gasteiger partial charge in [-0.3, -0.25) is 4.79 Å². The molecule has 21 heavy (non-hydrogen) atoms. The fourth-order valence-corrected chi connectivity index (χ4v) is 2.08. The number of nitrogen functional groups attached to an aromatic ring is 1. The molecule has 0 spiro atoms. The van der Waals surface area contributed by atoms with Gasteiger partial charge < -0.3 is 15.8 Å². The van der Waals surface area contributed by atoms with Crippen molar-refractivity contribution < 1.29 is 9.53 Å². The summed E-state index contributed by atoms with van der Waals surface area (Å²) >= 11 is 11.8. The molecule has 0 aliphatic heterocycles. The van der Waals surface area contributed by atoms with Gasteiger partial charge in [0.05, 0.1) is 22.8 Å². The number of halogens is 2. The summed E-state index contributed by atoms with van der Waals surface area (Å²) in [6.45, 7) is 0.633. The Kier molecular flexibility index (Phi) is 5.31. The number of rotatable bonds is 5. The maximum absolute atomic E-state index is 12.0. The summed E-state index contributed by atoms with van der Waals surface area (Å²) in [5.74, 6) is 0.291. The topological polar surface area (TPSA) is 64.3 Å². The molecule has 2 aromatic rings. The van der Waals surface area contributed by atoms with Crippen molar-refractivity contribution >= 4 is 34.8 Å². The van der Waals surface area contributed by atoms with Crippen LogP contribution in [-0.2, 0) is 0 Å². The van der Waals surface area contributed by atoms with Crippen molar-refractivity contribution in [3.8, 4) is 5.75 Å². The van der Waals surface area contributed by atoms with E-state index in [1.165, 1.54) is 6.07 Å². The smallest absolute Gasteiger partial charge is 0.252 e. The summed E-state index contributed by atoms with van der Waals surface area (Å²) in [7, 11) is 0. The van der Waals surface area contributed by atoms with Crippen LogP contribution < -0.4 is 15.8 Å². The number of carbonyl (C=O) groups excluding carboxylic acids is 1. The molecule has 0 saturated carbocycles. The predicted octanol–water partition coefficient (Wildman–Crippen LogP) is 3.38. The molecule has 0 aliphatic carbocycles. The average Bonchev–Trinajstić information content (AvgIpc) is 2.47. The third-order valence-corrected chi connectivity index (χ3v) is 3.30. The summed E-state index contributed by atoms with van der Waals surface area (Å²) < 4.78 is 5.48. The first-order valence-corrected chi connectivity index (χ1v) is 7.04. The lowest BCUT2D eigenvalue weighted by atomic mass is 10.2. The number of para-hydroxylation sites is 2. The molecule has 2 rings (SSSR count). The number of amides is 1. The highest BCUT2D eigenvalue weighted by Crippen LogP contribution is 2.21. The van der Waals surface area contributed by atoms with Crippen LogP contribution in [0.25, 0.3) is 0 Å². The van der Waals surface area contributed by atoms with Crippen LogP contribution in [0.2, 0.25) is 10.0 Å². The molecule has 0 bridgehead atoms. The number of hydrogen-bond donors (Lipinski definition) is 2. The van der Waals surface area contributed by atoms with E-state index >= 15 is 0 Å². The molecular weight excluding hydrogens is 311 g/mol. The van der Waals surface area contributed by atoms with Gasteiger partial charge in [-0.05, 0) is 30.3 Å². The van der Waals surface area contributed by atoms with Crippen LogP contribution in [0.3, 0.4) is 0 Å². The van der Waals surface area contributed by atoms with E-state index in [9.17, 15) is 4.79 Å². The van der Waals surface area contributed by atoms with Crippen LogP contribution >= 0.6 is 23.2 Å². The molecule has 2 aromatic carbocycles. The van der Waals surface area contributed by atoms with Crippen molar-refractivity contribution in [3.05, 3.63) is 58.1 Å². The minimum atomic E-state index is -0.299. The fraction of sp³-hybridized carbons (Fsp3) is 0.133. The maximum atomic E-state index is 12.0. The first-order valence-electron chi connectivity index (χ1n) is 6.28. The lowest BCUT2D eigenvalue weighted by molar-refractivity contribution is 0.0947. The Hall–Kier alpha value is -1.91. The number of nitrogens with two attached hydrogens (primary N) is 1. The number of anilines is 1. The summed E-state index contributed by atoms with van der Waals surface area (Å²) in [6.07, 6.45) is 0. The zero-order chi connectivity index (χ0) is 15.2. The molecule has 0 aromatic heterocycles. The highest BCUT2D eigenvalue weighted by atomic mass is 35.5. The monoisotopic (exact) mass is 324 g/mol. The molecule has 0 unspecified atom stereocenters. The highest BCUT2D eigenvalue weighted by Gasteiger charge is 2.10. The molecular formula is C15H14Cl2N2O2. The van der Waals surface area contributed by atoms with Gasteiger partial charge in [-0.2, -0.15) is 0 Å². The number of benzene rings is 2. The fourth-order valence-electron chi connectivity index (χ4n) is 1.70. The van der Waals surface area contributed by atoms with Crippen molar-refractivity contribution in [1.29, 1.82) is 0 Å². The minimum Gasteiger partial charge on any atom is -0.490 e. The normalized spacial score (nSPS) is 10.2. The van der Waals surface area contributed by atoms with Gasteiger partial charge in [-0.1, -0.05) is 35.3 Å². The van der Waals surface area contributed by atoms with E-state index in [0.29, 0.717) is 40.2 Å². The van der Waals surface area contributed by atoms with Crippen LogP contribution in [0.5, 0.6) is 5.75 Å². The SMILES string of the molecule is Nc1ccccc1OCCNC(=O)c1cc(Cl)ccc1Cl. The van der Waals surface area contributed by atoms with Gasteiger partial charge in [0.1, 0.15) is 12.4 Å². The predicted molar refractivity (Wildman–Crippen MR) is 85.1 cm³/mol. The molecule has 0 fully saturated rings. The van der Waals surface area contributed by atoms with Gasteiger partial charge >= 0.3 is 0 Å². The lowest BCUT2D eigenvalue weighted by Gasteiger charge is -2.10. The number of ether oxygens (including phenoxy) is 1. The summed E-state index contributed by atoms with van der Waals surface area (Å²) in [4.78, 5) is 12.0. The van der Waals surface area contributed by atoms with Crippen LogP contribution in [0.1, 0.15) is 10.4 Å². The Bertz CT molecular complexity index is 647. The van der Waals surface area contributed by atoms with Gasteiger partial charge in [-0.25, -0.2) is 0 Å². The van der Waals surface area contributed by atoms with E-state index in [-0.39, 0.29) is 5.91 Å². The first-order chi connectivity index (χ1) is 10.1. The third-order valence-electron chi connectivity index (χ3n) is 2.74. The maximum Gasteiger partial charge on any atom is 0.252 e. The molecule has 0 atom stereocenters. The second-order valence-electron chi connectivity index (χ2n) is 4.27. The van der Waals surface area contributed by atoms with Crippen molar-refractivity contribution in [3.63, 3.8) is 0 Å². The molecule has 0 saturated heterocycles. The number of nitrogens with one attached hydrogen (secondary N) is 1. The first kappa shape index (κ1) is 15.5. The Morgan fingerprint density at radius 3 is 2.71 bits per heavy atom. The van der Waals surface area contributed by atoms with E-state index < -0.39 is 0 Å². The lowest BCUT2D eigenvalue weighted by Crippen LogP contribution is -2.28. The van der Waals surface area contributed by atoms with E-state index in [1.807, 2.05) is 12.1 Å². The van der Waals surface area contributed by atoms with Crippen molar-refractivity contribution in [2.24, 2.45) is 0 Å². The van der Waals surface area contributed by atoms with Crippen molar-refractivity contribution in [2.45, 2.75) is 0 Å². The summed E-state index contributed by atoms with van der Waals surface area (Å²) in [5, 5.41) is 3.52. The van der Waals surface area contributed by atoms with Crippen molar-refractivity contribution in [1.82, 2.24) is 5.32 Å².